The Morgan fingerprint density at radius 1 is 1.08 bits per heavy atom. The molecule has 26 heavy (non-hydrogen) atoms. The first kappa shape index (κ1) is 19.6. The number of sulfonamides is 1. The molecule has 140 valence electrons. The number of carbonyl (C=O) groups excluding carboxylic acids is 1. The summed E-state index contributed by atoms with van der Waals surface area (Å²) < 4.78 is 35.9. The maximum Gasteiger partial charge on any atom is 0.248 e. The van der Waals surface area contributed by atoms with E-state index in [1.807, 2.05) is 0 Å². The van der Waals surface area contributed by atoms with Gasteiger partial charge < -0.3 is 14.8 Å². The van der Waals surface area contributed by atoms with Gasteiger partial charge in [0.05, 0.1) is 31.9 Å². The molecule has 0 aromatic heterocycles. The van der Waals surface area contributed by atoms with Crippen LogP contribution < -0.4 is 19.1 Å². The van der Waals surface area contributed by atoms with Gasteiger partial charge in [-0.1, -0.05) is 18.2 Å². The first-order chi connectivity index (χ1) is 12.3. The number of benzene rings is 2. The number of para-hydroxylation sites is 1. The van der Waals surface area contributed by atoms with Gasteiger partial charge in [0.25, 0.3) is 0 Å². The minimum atomic E-state index is -3.66. The number of anilines is 2. The number of carbonyl (C=O) groups is 1. The molecule has 0 fully saturated rings. The Balaban J connectivity index is 2.30. The minimum Gasteiger partial charge on any atom is -0.497 e. The number of hydrogen-bond donors (Lipinski definition) is 1. The van der Waals surface area contributed by atoms with E-state index in [9.17, 15) is 13.2 Å². The number of methoxy groups -OCH3 is 2. The maximum absolute atomic E-state index is 12.7. The molecule has 1 N–H and O–H groups in total. The zero-order valence-electron chi connectivity index (χ0n) is 15.1. The third kappa shape index (κ3) is 4.45. The van der Waals surface area contributed by atoms with Gasteiger partial charge in [0.15, 0.2) is 0 Å². The predicted octanol–water partition coefficient (Wildman–Crippen LogP) is 2.50. The van der Waals surface area contributed by atoms with E-state index < -0.39 is 22.0 Å². The summed E-state index contributed by atoms with van der Waals surface area (Å²) in [6.07, 6.45) is 1.07. The van der Waals surface area contributed by atoms with Crippen LogP contribution in [0.5, 0.6) is 11.5 Å². The van der Waals surface area contributed by atoms with Gasteiger partial charge in [-0.25, -0.2) is 8.42 Å². The van der Waals surface area contributed by atoms with E-state index in [-0.39, 0.29) is 0 Å². The van der Waals surface area contributed by atoms with Crippen LogP contribution in [0.3, 0.4) is 0 Å². The smallest absolute Gasteiger partial charge is 0.248 e. The lowest BCUT2D eigenvalue weighted by molar-refractivity contribution is -0.116. The Morgan fingerprint density at radius 3 is 2.27 bits per heavy atom. The molecule has 0 bridgehead atoms. The quantitative estimate of drug-likeness (QED) is 0.800. The van der Waals surface area contributed by atoms with Gasteiger partial charge in [-0.3, -0.25) is 9.10 Å². The number of ether oxygens (including phenoxy) is 2. The molecule has 2 aromatic carbocycles. The fraction of sp³-hybridized carbons (Fsp3) is 0.278. The first-order valence-electron chi connectivity index (χ1n) is 7.85. The highest BCUT2D eigenvalue weighted by Gasteiger charge is 2.29. The van der Waals surface area contributed by atoms with Crippen molar-refractivity contribution in [3.05, 3.63) is 48.5 Å². The number of amides is 1. The molecule has 1 amide bonds. The van der Waals surface area contributed by atoms with E-state index in [1.54, 1.807) is 48.5 Å². The molecule has 0 saturated heterocycles. The Kier molecular flexibility index (Phi) is 6.10. The number of nitrogens with one attached hydrogen (secondary N) is 1. The highest BCUT2D eigenvalue weighted by atomic mass is 32.2. The Labute approximate surface area is 153 Å². The van der Waals surface area contributed by atoms with Crippen LogP contribution in [0.1, 0.15) is 6.92 Å². The lowest BCUT2D eigenvalue weighted by Gasteiger charge is -2.28. The topological polar surface area (TPSA) is 84.9 Å². The summed E-state index contributed by atoms with van der Waals surface area (Å²) in [5, 5.41) is 2.71. The molecule has 0 aliphatic rings. The first-order valence-corrected chi connectivity index (χ1v) is 9.70. The van der Waals surface area contributed by atoms with Crippen molar-refractivity contribution in [2.24, 2.45) is 0 Å². The van der Waals surface area contributed by atoms with Crippen molar-refractivity contribution < 1.29 is 22.7 Å². The summed E-state index contributed by atoms with van der Waals surface area (Å²) in [5.74, 6) is 0.508. The predicted molar refractivity (Wildman–Crippen MR) is 101 cm³/mol. The monoisotopic (exact) mass is 378 g/mol. The third-order valence-corrected chi connectivity index (χ3v) is 5.01. The SMILES string of the molecule is COc1ccc(NC(=O)[C@H](C)N(c2ccccc2)S(C)(=O)=O)c(OC)c1. The summed E-state index contributed by atoms with van der Waals surface area (Å²) in [4.78, 5) is 12.7. The lowest BCUT2D eigenvalue weighted by atomic mass is 10.2. The van der Waals surface area contributed by atoms with Gasteiger partial charge in [-0.05, 0) is 31.2 Å². The molecular formula is C18H22N2O5S. The van der Waals surface area contributed by atoms with Crippen molar-refractivity contribution >= 4 is 27.3 Å². The average molecular weight is 378 g/mol. The van der Waals surface area contributed by atoms with Crippen LogP contribution in [0.25, 0.3) is 0 Å². The normalized spacial score (nSPS) is 12.2. The average Bonchev–Trinajstić information content (AvgIpc) is 2.61. The van der Waals surface area contributed by atoms with Gasteiger partial charge in [0.2, 0.25) is 15.9 Å². The molecule has 0 heterocycles. The summed E-state index contributed by atoms with van der Waals surface area (Å²) in [6, 6.07) is 12.5. The lowest BCUT2D eigenvalue weighted by Crippen LogP contribution is -2.45. The molecule has 0 aliphatic carbocycles. The third-order valence-electron chi connectivity index (χ3n) is 3.77. The van der Waals surface area contributed by atoms with E-state index in [0.717, 1.165) is 10.6 Å². The van der Waals surface area contributed by atoms with Crippen molar-refractivity contribution in [1.29, 1.82) is 0 Å². The Morgan fingerprint density at radius 2 is 1.73 bits per heavy atom. The van der Waals surface area contributed by atoms with Crippen LogP contribution in [0, 0.1) is 0 Å². The largest absolute Gasteiger partial charge is 0.497 e. The highest BCUT2D eigenvalue weighted by Crippen LogP contribution is 2.29. The molecule has 8 heteroatoms. The van der Waals surface area contributed by atoms with Gasteiger partial charge in [-0.2, -0.15) is 0 Å². The molecule has 1 atom stereocenters. The Hall–Kier alpha value is -2.74. The fourth-order valence-electron chi connectivity index (χ4n) is 2.52. The van der Waals surface area contributed by atoms with Gasteiger partial charge in [0.1, 0.15) is 17.5 Å². The molecule has 0 spiro atoms. The van der Waals surface area contributed by atoms with E-state index in [4.69, 9.17) is 9.47 Å². The molecule has 0 radical (unpaired) electrons. The highest BCUT2D eigenvalue weighted by molar-refractivity contribution is 7.92. The number of rotatable bonds is 7. The van der Waals surface area contributed by atoms with E-state index in [1.165, 1.54) is 21.1 Å². The fourth-order valence-corrected chi connectivity index (χ4v) is 3.70. The van der Waals surface area contributed by atoms with Crippen molar-refractivity contribution in [1.82, 2.24) is 0 Å². The number of hydrogen-bond acceptors (Lipinski definition) is 5. The second kappa shape index (κ2) is 8.09. The van der Waals surface area contributed by atoms with Crippen molar-refractivity contribution in [2.45, 2.75) is 13.0 Å². The van der Waals surface area contributed by atoms with E-state index >= 15 is 0 Å². The van der Waals surface area contributed by atoms with E-state index in [2.05, 4.69) is 5.32 Å². The van der Waals surface area contributed by atoms with E-state index in [0.29, 0.717) is 22.9 Å². The van der Waals surface area contributed by atoms with Gasteiger partial charge in [0, 0.05) is 6.07 Å². The van der Waals surface area contributed by atoms with Crippen LogP contribution in [0.2, 0.25) is 0 Å². The summed E-state index contributed by atoms with van der Waals surface area (Å²) >= 11 is 0. The summed E-state index contributed by atoms with van der Waals surface area (Å²) in [7, 11) is -0.660. The van der Waals surface area contributed by atoms with Crippen LogP contribution in [-0.4, -0.2) is 40.8 Å². The molecule has 2 rings (SSSR count). The molecule has 0 aliphatic heterocycles. The second-order valence-corrected chi connectivity index (χ2v) is 7.49. The number of nitrogens with zero attached hydrogens (tertiary/aromatic N) is 1. The molecule has 7 nitrogen and oxygen atoms in total. The standard InChI is InChI=1S/C18H22N2O5S/c1-13(20(26(4,22)23)14-8-6-5-7-9-14)18(21)19-16-11-10-15(24-2)12-17(16)25-3/h5-13H,1-4H3,(H,19,21)/t13-/m0/s1. The molecule has 0 unspecified atom stereocenters. The van der Waals surface area contributed by atoms with Crippen LogP contribution in [-0.2, 0) is 14.8 Å². The zero-order chi connectivity index (χ0) is 19.3. The van der Waals surface area contributed by atoms with Crippen molar-refractivity contribution in [2.75, 3.05) is 30.1 Å². The zero-order valence-corrected chi connectivity index (χ0v) is 15.9. The van der Waals surface area contributed by atoms with Gasteiger partial charge in [-0.15, -0.1) is 0 Å². The maximum atomic E-state index is 12.7. The molecular weight excluding hydrogens is 356 g/mol. The second-order valence-electron chi connectivity index (χ2n) is 5.63. The summed E-state index contributed by atoms with van der Waals surface area (Å²) in [6.45, 7) is 1.53. The minimum absolute atomic E-state index is 0.413. The van der Waals surface area contributed by atoms with Crippen LogP contribution >= 0.6 is 0 Å². The molecule has 2 aromatic rings. The van der Waals surface area contributed by atoms with Crippen molar-refractivity contribution in [3.63, 3.8) is 0 Å². The van der Waals surface area contributed by atoms with Gasteiger partial charge >= 0.3 is 0 Å². The molecule has 0 saturated carbocycles. The Bertz CT molecular complexity index is 868. The van der Waals surface area contributed by atoms with Crippen LogP contribution in [0.15, 0.2) is 48.5 Å². The van der Waals surface area contributed by atoms with Crippen molar-refractivity contribution in [3.8, 4) is 11.5 Å². The van der Waals surface area contributed by atoms with Crippen LogP contribution in [0.4, 0.5) is 11.4 Å². The summed E-state index contributed by atoms with van der Waals surface area (Å²) in [5.41, 5.74) is 0.839.